The van der Waals surface area contributed by atoms with Gasteiger partial charge in [0.15, 0.2) is 5.43 Å². The largest absolute Gasteiger partial charge is 0.354 e. The number of carbonyl (C=O) groups is 1. The topological polar surface area (TPSA) is 62.0 Å². The Kier molecular flexibility index (Phi) is 3.28. The molecule has 3 rings (SSSR count). The van der Waals surface area contributed by atoms with Gasteiger partial charge in [-0.05, 0) is 23.8 Å². The minimum atomic E-state index is -0.143. The Bertz CT molecular complexity index is 867. The van der Waals surface area contributed by atoms with E-state index in [1.807, 2.05) is 30.3 Å². The van der Waals surface area contributed by atoms with Crippen LogP contribution in [0.2, 0.25) is 0 Å². The van der Waals surface area contributed by atoms with E-state index < -0.39 is 0 Å². The molecule has 0 aliphatic heterocycles. The third-order valence-electron chi connectivity index (χ3n) is 3.23. The summed E-state index contributed by atoms with van der Waals surface area (Å²) in [5.41, 5.74) is 3.02. The molecular weight excluding hydrogens is 264 g/mol. The summed E-state index contributed by atoms with van der Waals surface area (Å²) >= 11 is 0. The summed E-state index contributed by atoms with van der Waals surface area (Å²) in [6.45, 7) is 1.45. The Morgan fingerprint density at radius 3 is 2.52 bits per heavy atom. The molecule has 0 saturated heterocycles. The first-order valence-electron chi connectivity index (χ1n) is 6.63. The van der Waals surface area contributed by atoms with Crippen LogP contribution >= 0.6 is 0 Å². The third-order valence-corrected chi connectivity index (χ3v) is 3.23. The van der Waals surface area contributed by atoms with Gasteiger partial charge in [-0.15, -0.1) is 0 Å². The molecule has 4 heteroatoms. The fourth-order valence-corrected chi connectivity index (χ4v) is 2.31. The molecule has 0 unspecified atom stereocenters. The third kappa shape index (κ3) is 2.69. The molecule has 0 aliphatic rings. The number of carbonyl (C=O) groups excluding carboxylic acids is 1. The Balaban J connectivity index is 2.17. The van der Waals surface area contributed by atoms with Crippen molar-refractivity contribution in [2.24, 2.45) is 0 Å². The number of pyridine rings is 1. The summed E-state index contributed by atoms with van der Waals surface area (Å²) in [7, 11) is 0. The molecule has 3 aromatic rings. The van der Waals surface area contributed by atoms with E-state index in [4.69, 9.17) is 0 Å². The van der Waals surface area contributed by atoms with Crippen LogP contribution in [0.5, 0.6) is 0 Å². The van der Waals surface area contributed by atoms with Crippen LogP contribution in [0.1, 0.15) is 6.92 Å². The summed E-state index contributed by atoms with van der Waals surface area (Å²) in [5.74, 6) is -0.143. The van der Waals surface area contributed by atoms with Gasteiger partial charge in [0.2, 0.25) is 5.91 Å². The number of aromatic amines is 1. The van der Waals surface area contributed by atoms with Crippen molar-refractivity contribution in [1.29, 1.82) is 0 Å². The SMILES string of the molecule is CC(=O)Nc1ccc2c(=O)cc(-c3ccccc3)[nH]c2c1. The number of nitrogens with one attached hydrogen (secondary N) is 2. The molecule has 0 bridgehead atoms. The van der Waals surface area contributed by atoms with Crippen molar-refractivity contribution in [3.05, 3.63) is 64.8 Å². The zero-order chi connectivity index (χ0) is 14.8. The number of fused-ring (bicyclic) bond motifs is 1. The summed E-state index contributed by atoms with van der Waals surface area (Å²) in [6, 6.07) is 16.5. The van der Waals surface area contributed by atoms with Crippen molar-refractivity contribution in [3.63, 3.8) is 0 Å². The van der Waals surface area contributed by atoms with Crippen molar-refractivity contribution < 1.29 is 4.79 Å². The van der Waals surface area contributed by atoms with E-state index in [9.17, 15) is 9.59 Å². The summed E-state index contributed by atoms with van der Waals surface area (Å²) < 4.78 is 0. The molecule has 0 fully saturated rings. The molecule has 2 aromatic carbocycles. The van der Waals surface area contributed by atoms with Crippen molar-refractivity contribution in [1.82, 2.24) is 4.98 Å². The van der Waals surface area contributed by atoms with Crippen LogP contribution in [-0.2, 0) is 4.79 Å². The van der Waals surface area contributed by atoms with E-state index in [1.165, 1.54) is 6.92 Å². The lowest BCUT2D eigenvalue weighted by Gasteiger charge is -2.07. The highest BCUT2D eigenvalue weighted by molar-refractivity contribution is 5.92. The predicted molar refractivity (Wildman–Crippen MR) is 84.3 cm³/mol. The maximum atomic E-state index is 12.2. The Morgan fingerprint density at radius 2 is 1.81 bits per heavy atom. The van der Waals surface area contributed by atoms with E-state index in [0.29, 0.717) is 16.6 Å². The van der Waals surface area contributed by atoms with Crippen LogP contribution in [0.4, 0.5) is 5.69 Å². The molecule has 21 heavy (non-hydrogen) atoms. The molecule has 2 N–H and O–H groups in total. The van der Waals surface area contributed by atoms with Gasteiger partial charge in [-0.25, -0.2) is 0 Å². The lowest BCUT2D eigenvalue weighted by atomic mass is 10.1. The maximum Gasteiger partial charge on any atom is 0.221 e. The second kappa shape index (κ2) is 5.25. The van der Waals surface area contributed by atoms with Crippen molar-refractivity contribution >= 4 is 22.5 Å². The highest BCUT2D eigenvalue weighted by Gasteiger charge is 2.05. The number of H-pyrrole nitrogens is 1. The van der Waals surface area contributed by atoms with Gasteiger partial charge < -0.3 is 10.3 Å². The van der Waals surface area contributed by atoms with Gasteiger partial charge in [-0.2, -0.15) is 0 Å². The molecule has 4 nitrogen and oxygen atoms in total. The van der Waals surface area contributed by atoms with Crippen LogP contribution < -0.4 is 10.7 Å². The Labute approximate surface area is 121 Å². The van der Waals surface area contributed by atoms with Crippen molar-refractivity contribution in [3.8, 4) is 11.3 Å². The van der Waals surface area contributed by atoms with Crippen LogP contribution in [-0.4, -0.2) is 10.9 Å². The van der Waals surface area contributed by atoms with Gasteiger partial charge in [0, 0.05) is 29.8 Å². The zero-order valence-corrected chi connectivity index (χ0v) is 11.5. The lowest BCUT2D eigenvalue weighted by Crippen LogP contribution is -2.07. The summed E-state index contributed by atoms with van der Waals surface area (Å²) in [4.78, 5) is 26.6. The van der Waals surface area contributed by atoms with Gasteiger partial charge in [-0.3, -0.25) is 9.59 Å². The smallest absolute Gasteiger partial charge is 0.221 e. The van der Waals surface area contributed by atoms with Gasteiger partial charge >= 0.3 is 0 Å². The first kappa shape index (κ1) is 13.1. The molecule has 1 aromatic heterocycles. The molecule has 1 heterocycles. The Hall–Kier alpha value is -2.88. The quantitative estimate of drug-likeness (QED) is 0.756. The van der Waals surface area contributed by atoms with Crippen LogP contribution in [0, 0.1) is 0 Å². The summed E-state index contributed by atoms with van der Waals surface area (Å²) in [5, 5.41) is 3.32. The lowest BCUT2D eigenvalue weighted by molar-refractivity contribution is -0.114. The number of anilines is 1. The highest BCUT2D eigenvalue weighted by Crippen LogP contribution is 2.20. The highest BCUT2D eigenvalue weighted by atomic mass is 16.1. The van der Waals surface area contributed by atoms with Gasteiger partial charge in [-0.1, -0.05) is 30.3 Å². The zero-order valence-electron chi connectivity index (χ0n) is 11.5. The van der Waals surface area contributed by atoms with Crippen LogP contribution in [0.15, 0.2) is 59.4 Å². The second-order valence-electron chi connectivity index (χ2n) is 4.85. The molecule has 0 radical (unpaired) electrons. The average molecular weight is 278 g/mol. The maximum absolute atomic E-state index is 12.2. The number of aromatic nitrogens is 1. The number of hydrogen-bond donors (Lipinski definition) is 2. The van der Waals surface area contributed by atoms with Crippen molar-refractivity contribution in [2.45, 2.75) is 6.92 Å². The van der Waals surface area contributed by atoms with E-state index in [1.54, 1.807) is 24.3 Å². The second-order valence-corrected chi connectivity index (χ2v) is 4.85. The minimum Gasteiger partial charge on any atom is -0.354 e. The number of benzene rings is 2. The van der Waals surface area contributed by atoms with E-state index in [2.05, 4.69) is 10.3 Å². The molecule has 0 saturated carbocycles. The van der Waals surface area contributed by atoms with Crippen LogP contribution in [0.25, 0.3) is 22.2 Å². The van der Waals surface area contributed by atoms with E-state index in [-0.39, 0.29) is 11.3 Å². The van der Waals surface area contributed by atoms with Gasteiger partial charge in [0.25, 0.3) is 0 Å². The fraction of sp³-hybridized carbons (Fsp3) is 0.0588. The van der Waals surface area contributed by atoms with E-state index >= 15 is 0 Å². The van der Waals surface area contributed by atoms with Gasteiger partial charge in [0.1, 0.15) is 0 Å². The first-order chi connectivity index (χ1) is 10.1. The standard InChI is InChI=1S/C17H14N2O2/c1-11(20)18-13-7-8-14-16(9-13)19-15(10-17(14)21)12-5-3-2-4-6-12/h2-10H,1H3,(H,18,20)(H,19,21). The molecule has 0 atom stereocenters. The minimum absolute atomic E-state index is 0.0445. The molecule has 104 valence electrons. The average Bonchev–Trinajstić information content (AvgIpc) is 2.47. The molecular formula is C17H14N2O2. The predicted octanol–water partition coefficient (Wildman–Crippen LogP) is 3.15. The summed E-state index contributed by atoms with van der Waals surface area (Å²) in [6.07, 6.45) is 0. The van der Waals surface area contributed by atoms with E-state index in [0.717, 1.165) is 11.3 Å². The monoisotopic (exact) mass is 278 g/mol. The van der Waals surface area contributed by atoms with Crippen molar-refractivity contribution in [2.75, 3.05) is 5.32 Å². The molecule has 0 aliphatic carbocycles. The molecule has 0 spiro atoms. The number of rotatable bonds is 2. The first-order valence-corrected chi connectivity index (χ1v) is 6.63. The van der Waals surface area contributed by atoms with Gasteiger partial charge in [0.05, 0.1) is 5.52 Å². The fourth-order valence-electron chi connectivity index (χ4n) is 2.31. The molecule has 1 amide bonds. The van der Waals surface area contributed by atoms with Crippen LogP contribution in [0.3, 0.4) is 0 Å². The normalized spacial score (nSPS) is 10.5. The number of hydrogen-bond acceptors (Lipinski definition) is 2. The Morgan fingerprint density at radius 1 is 1.05 bits per heavy atom. The number of amides is 1.